The van der Waals surface area contributed by atoms with Gasteiger partial charge in [-0.1, -0.05) is 128 Å². The van der Waals surface area contributed by atoms with E-state index < -0.39 is 267 Å². The molecule has 2 bridgehead atoms. The average molecular weight is 2170 g/mol. The Hall–Kier alpha value is -9.07. The number of aliphatic carboxylic acids is 3. The highest BCUT2D eigenvalue weighted by Crippen LogP contribution is 2.40. The van der Waals surface area contributed by atoms with Crippen molar-refractivity contribution in [3.05, 3.63) is 77.4 Å². The van der Waals surface area contributed by atoms with Crippen LogP contribution in [-0.2, 0) is 105 Å². The lowest BCUT2D eigenvalue weighted by Crippen LogP contribution is -2.61. The van der Waals surface area contributed by atoms with Crippen LogP contribution < -0.4 is 31.9 Å². The Kier molecular flexibility index (Phi) is 59.5. The molecule has 3 heterocycles. The van der Waals surface area contributed by atoms with Crippen LogP contribution in [0.3, 0.4) is 0 Å². The molecule has 0 radical (unpaired) electrons. The van der Waals surface area contributed by atoms with Crippen LogP contribution in [0.25, 0.3) is 0 Å². The summed E-state index contributed by atoms with van der Waals surface area (Å²) in [6, 6.07) is 1.96. The number of carboxylic acid groups (broad SMARTS) is 3. The van der Waals surface area contributed by atoms with Gasteiger partial charge < -0.3 is 121 Å². The van der Waals surface area contributed by atoms with Gasteiger partial charge in [-0.05, 0) is 170 Å². The Morgan fingerprint density at radius 3 is 2.01 bits per heavy atom. The Balaban J connectivity index is 1.17. The van der Waals surface area contributed by atoms with Crippen LogP contribution in [-0.4, -0.2) is 337 Å². The van der Waals surface area contributed by atoms with Gasteiger partial charge in [0.25, 0.3) is 17.6 Å². The highest BCUT2D eigenvalue weighted by molar-refractivity contribution is 8.77. The summed E-state index contributed by atoms with van der Waals surface area (Å²) < 4.78 is 41.1. The van der Waals surface area contributed by atoms with Gasteiger partial charge >= 0.3 is 35.9 Å². The molecule has 24 atom stereocenters. The molecular weight excluding hydrogens is 2010 g/mol. The second-order valence-corrected chi connectivity index (χ2v) is 44.2. The van der Waals surface area contributed by atoms with Gasteiger partial charge in [-0.2, -0.15) is 0 Å². The molecule has 1 aliphatic carbocycles. The first-order chi connectivity index (χ1) is 70.2. The number of hydrogen-bond acceptors (Lipinski definition) is 36. The van der Waals surface area contributed by atoms with Crippen molar-refractivity contribution in [1.82, 2.24) is 31.5 Å². The minimum absolute atomic E-state index is 0.00697. The third-order valence-electron chi connectivity index (χ3n) is 27.0. The van der Waals surface area contributed by atoms with Gasteiger partial charge in [0.15, 0.2) is 17.3 Å². The van der Waals surface area contributed by atoms with E-state index >= 15 is 0 Å². The minimum atomic E-state index is -2.52. The number of fused-ring (bicyclic) bond motifs is 3. The van der Waals surface area contributed by atoms with Crippen molar-refractivity contribution in [2.75, 3.05) is 102 Å². The summed E-state index contributed by atoms with van der Waals surface area (Å²) in [6.07, 6.45) is -1.36. The van der Waals surface area contributed by atoms with Crippen LogP contribution in [0.4, 0.5) is 10.5 Å². The zero-order valence-corrected chi connectivity index (χ0v) is 90.1. The van der Waals surface area contributed by atoms with Gasteiger partial charge in [0, 0.05) is 162 Å². The lowest BCUT2D eigenvalue weighted by Gasteiger charge is -2.42. The number of hydrogen-bond donors (Lipinski definition) is 16. The summed E-state index contributed by atoms with van der Waals surface area (Å²) in [6.45, 7) is 15.4. The Labute approximate surface area is 881 Å². The normalized spacial score (nSPS) is 25.9. The minimum Gasteiger partial charge on any atom is -0.481 e. The number of amides is 6. The number of anilines is 1. The van der Waals surface area contributed by atoms with E-state index in [1.807, 2.05) is 65.0 Å². The van der Waals surface area contributed by atoms with Crippen LogP contribution in [0.2, 0.25) is 0 Å². The second-order valence-electron chi connectivity index (χ2n) is 38.9. The fraction of sp³-hybridized carbons (Fsp3) is 0.699. The van der Waals surface area contributed by atoms with Crippen molar-refractivity contribution in [2.24, 2.45) is 59.2 Å². The average Bonchev–Trinajstić information content (AvgIpc) is 0.769. The number of benzene rings is 1. The summed E-state index contributed by atoms with van der Waals surface area (Å²) in [5.74, 6) is -22.0. The number of ketones is 6. The van der Waals surface area contributed by atoms with Crippen molar-refractivity contribution in [2.45, 2.75) is 302 Å². The number of aliphatic hydroxyl groups is 7. The van der Waals surface area contributed by atoms with Crippen LogP contribution in [0, 0.1) is 59.2 Å². The number of aliphatic hydroxyl groups excluding tert-OH is 6. The first-order valence-corrected chi connectivity index (χ1v) is 55.8. The number of carbonyl (C=O) groups excluding carboxylic acids is 14. The van der Waals surface area contributed by atoms with Gasteiger partial charge in [0.05, 0.1) is 50.1 Å². The summed E-state index contributed by atoms with van der Waals surface area (Å²) in [7, 11) is 7.54. The topological polar surface area (TPSA) is 633 Å². The summed E-state index contributed by atoms with van der Waals surface area (Å²) in [5.41, 5.74) is 2.09. The predicted octanol–water partition coefficient (Wildman–Crippen LogP) is 7.36. The van der Waals surface area contributed by atoms with Crippen molar-refractivity contribution < 1.29 is 166 Å². The van der Waals surface area contributed by atoms with E-state index in [2.05, 4.69) is 31.9 Å². The molecule has 16 N–H and O–H groups in total. The summed E-state index contributed by atoms with van der Waals surface area (Å²) in [5, 5.41) is 118. The van der Waals surface area contributed by atoms with Crippen molar-refractivity contribution in [1.29, 1.82) is 0 Å². The van der Waals surface area contributed by atoms with Gasteiger partial charge in [-0.25, -0.2) is 14.4 Å². The molecule has 1 saturated carbocycles. The van der Waals surface area contributed by atoms with Crippen molar-refractivity contribution in [3.8, 4) is 0 Å². The number of methoxy groups -OCH3 is 2. The van der Waals surface area contributed by atoms with E-state index in [0.717, 1.165) is 37.7 Å². The molecule has 0 unspecified atom stereocenters. The maximum Gasteiger partial charge on any atom is 0.407 e. The molecule has 0 spiro atoms. The fourth-order valence-corrected chi connectivity index (χ4v) is 22.0. The largest absolute Gasteiger partial charge is 0.481 e. The van der Waals surface area contributed by atoms with Crippen LogP contribution in [0.5, 0.6) is 0 Å². The number of carbonyl (C=O) groups is 17. The smallest absolute Gasteiger partial charge is 0.407 e. The molecule has 41 nitrogen and oxygen atoms in total. The third-order valence-corrected chi connectivity index (χ3v) is 32.0. The van der Waals surface area contributed by atoms with Gasteiger partial charge in [0.1, 0.15) is 79.5 Å². The molecule has 4 aliphatic rings. The number of allylic oxidation sites excluding steroid dienone is 6. The quantitative estimate of drug-likeness (QED) is 0.00756. The van der Waals surface area contributed by atoms with Crippen molar-refractivity contribution in [3.63, 3.8) is 0 Å². The Bertz CT molecular complexity index is 4620. The zero-order valence-electron chi connectivity index (χ0n) is 86.9. The third kappa shape index (κ3) is 45.5. The van der Waals surface area contributed by atoms with E-state index in [1.165, 1.54) is 47.8 Å². The van der Waals surface area contributed by atoms with Crippen molar-refractivity contribution >= 4 is 149 Å². The summed E-state index contributed by atoms with van der Waals surface area (Å²) in [4.78, 5) is 230. The number of alkyl carbamates (subject to hydrolysis) is 1. The molecule has 3 fully saturated rings. The lowest BCUT2D eigenvalue weighted by atomic mass is 9.75. The number of cyclic esters (lactones) is 1. The van der Waals surface area contributed by atoms with E-state index in [0.29, 0.717) is 82.1 Å². The van der Waals surface area contributed by atoms with E-state index in [4.69, 9.17) is 33.2 Å². The fourth-order valence-electron chi connectivity index (χ4n) is 17.8. The molecule has 6 amide bonds. The zero-order chi connectivity index (χ0) is 110. The maximum absolute atomic E-state index is 14.8. The van der Waals surface area contributed by atoms with E-state index in [-0.39, 0.29) is 136 Å². The maximum atomic E-state index is 14.8. The molecule has 1 aromatic rings. The number of carboxylic acids is 3. The van der Waals surface area contributed by atoms with Crippen LogP contribution in [0.1, 0.15) is 227 Å². The van der Waals surface area contributed by atoms with Gasteiger partial charge in [-0.15, -0.1) is 0 Å². The number of rotatable bonds is 56. The molecule has 3 aliphatic heterocycles. The molecule has 5 rings (SSSR count). The molecule has 2 saturated heterocycles. The second kappa shape index (κ2) is 68.1. The predicted molar refractivity (Wildman–Crippen MR) is 553 cm³/mol. The molecule has 1 aromatic carbocycles. The van der Waals surface area contributed by atoms with Crippen LogP contribution >= 0.6 is 43.2 Å². The van der Waals surface area contributed by atoms with Gasteiger partial charge in [-0.3, -0.25) is 67.1 Å². The molecular formula is C103H157N7O34S4. The number of ether oxygens (including phenoxy) is 7. The van der Waals surface area contributed by atoms with Crippen LogP contribution in [0.15, 0.2) is 71.9 Å². The number of piperidine rings is 1. The SMILES string of the molecule is CCNc1ccc(C(=O)N[C@@H](CCC(=O)CNC(=O)OCCSSC[C@H](CC(=O)[C@H](CNC(=O)CCSSCCCC(=O)OCCO[C@H]2CC[C@@H](C[C@@H](C)[C@@H]3CC(=O)[C@H](C)/C=C(\C)[C@@H](O)[C@H](OC)C(=O)[C@H](C)C[C@H](C)/C=C/C=C/C=C(\C)[C@@H](OC)C[C@@H]4CC[C@@H](C)[C@@](O)(O4)C(=O)C(=O)N4CCCC[C@H]4C(=O)O3)C[C@H]2C)NC(=O)[C@H](CCC(=O)NC[C@H](O)[C@@H](O)[C@H](O)[C@H](O)CO)CC(=O)[C@@H](C)CCC(=O)O)C(=O)O)C(=O)O)cc1. The number of Topliss-reactive ketones (excluding diaryl/α,β-unsaturated/α-hetero) is 6. The van der Waals surface area contributed by atoms with E-state index in [1.54, 1.807) is 53.0 Å². The molecule has 0 aromatic heterocycles. The first-order valence-electron chi connectivity index (χ1n) is 50.9. The highest BCUT2D eigenvalue weighted by atomic mass is 33.1. The molecule has 832 valence electrons. The monoisotopic (exact) mass is 2160 g/mol. The first kappa shape index (κ1) is 129. The molecule has 45 heteroatoms. The lowest BCUT2D eigenvalue weighted by molar-refractivity contribution is -0.265. The number of esters is 2. The standard InChI is InChI=1S/C103H157N7O34S4/c1-13-104-72-30-27-69(28-31-72)96(128)108-75(100(133)134)34-32-73(112)54-107-102(136)142-42-45-147-148-58-71(99(131)132)51-80(115)76(109-97(129)70(50-78(113)60(3)24-37-88(120)121)29-36-86(118)106-56-81(116)92(125)93(126)82(117)57-111)55-105-87(119)38-44-146-145-43-19-23-89(122)141-41-40-140-83-35-26-68(48-63(83)6)49-64(7)85-53-79(114)62(5)47-66(9)91(124)94(139-12)90(123)65(8)46-59(2)20-15-14-16-21-61(4)84(138-11)52-74-33-25-67(10)103(137,144-74)95(127)98(130)110-39-18-17-22-77(110)101(135)143-85/h14-16,20-21,27-28,30-31,47,59-60,62-65,67-68,70-71,74-77,81-85,91-94,104,111,116-117,124-126,137H,13,17-19,22-26,29,32-46,48-58H2,1-12H3,(H,105,119)(H,106,118)(H,107,136)(H,108,128)(H,109,129)(H,120,121)(H,131,132)(H,133,134)/b16-14+,20-15+,61-21+,66-47+/t59-,60+,62-,63-,64-,65-,67-,68-,70-,71+,74+,75+,76+,77+,81+,82-,83+,84+,85+,91-,92-,93-,94-,103-/m1/s1. The highest BCUT2D eigenvalue weighted by Gasteiger charge is 2.54. The van der Waals surface area contributed by atoms with Gasteiger partial charge in [0.2, 0.25) is 23.5 Å². The molecule has 148 heavy (non-hydrogen) atoms. The Morgan fingerprint density at radius 2 is 1.34 bits per heavy atom. The number of nitrogens with zero attached hydrogens (tertiary/aromatic N) is 1. The Morgan fingerprint density at radius 1 is 0.655 bits per heavy atom. The summed E-state index contributed by atoms with van der Waals surface area (Å²) >= 11 is 0. The van der Waals surface area contributed by atoms with E-state index in [9.17, 15) is 133 Å². The number of nitrogens with one attached hydrogen (secondary N) is 6.